The fraction of sp³-hybridized carbons (Fsp3) is 0.0769. The number of amidine groups is 1. The molecule has 37 heavy (non-hydrogen) atoms. The number of rotatable bonds is 6. The number of aliphatic hydroxyl groups is 1. The average Bonchev–Trinajstić information content (AvgIpc) is 3.63. The highest BCUT2D eigenvalue weighted by Gasteiger charge is 2.33. The Hall–Kier alpha value is -4.04. The summed E-state index contributed by atoms with van der Waals surface area (Å²) in [6, 6.07) is 18.1. The van der Waals surface area contributed by atoms with Crippen LogP contribution in [-0.2, 0) is 4.79 Å². The van der Waals surface area contributed by atoms with Crippen molar-refractivity contribution in [2.24, 2.45) is 4.99 Å². The molecule has 0 aliphatic carbocycles. The number of para-hydroxylation sites is 2. The summed E-state index contributed by atoms with van der Waals surface area (Å²) >= 11 is 8.93. The van der Waals surface area contributed by atoms with E-state index >= 15 is 0 Å². The van der Waals surface area contributed by atoms with E-state index in [0.29, 0.717) is 27.1 Å². The smallest absolute Gasteiger partial charge is 0.283 e. The molecular formula is C26H18ClN5O3S2. The number of nitriles is 1. The van der Waals surface area contributed by atoms with Crippen LogP contribution in [0.5, 0.6) is 5.75 Å². The van der Waals surface area contributed by atoms with Crippen LogP contribution in [0.2, 0.25) is 5.02 Å². The molecule has 2 N–H and O–H groups in total. The lowest BCUT2D eigenvalue weighted by molar-refractivity contribution is -0.113. The highest BCUT2D eigenvalue weighted by atomic mass is 35.5. The number of anilines is 1. The fourth-order valence-electron chi connectivity index (χ4n) is 3.65. The molecule has 0 unspecified atom stereocenters. The summed E-state index contributed by atoms with van der Waals surface area (Å²) in [6.07, 6.45) is 1.71. The molecule has 0 saturated carbocycles. The Morgan fingerprint density at radius 1 is 1.30 bits per heavy atom. The summed E-state index contributed by atoms with van der Waals surface area (Å²) in [5, 5.41) is 23.2. The Labute approximate surface area is 225 Å². The van der Waals surface area contributed by atoms with Gasteiger partial charge in [-0.05, 0) is 47.9 Å². The minimum Gasteiger partial charge on any atom is -0.510 e. The summed E-state index contributed by atoms with van der Waals surface area (Å²) in [7, 11) is 1.51. The highest BCUT2D eigenvalue weighted by Crippen LogP contribution is 2.35. The SMILES string of the molecule is COc1ccc(N2C(=O)/C(=C\c3cccs3)N=C2SCC(O)=C(C#N)c2nc3ccccc3[nH]2)cc1Cl. The number of amides is 1. The lowest BCUT2D eigenvalue weighted by Gasteiger charge is -2.18. The number of benzene rings is 2. The molecule has 3 heterocycles. The number of aromatic amines is 1. The zero-order chi connectivity index (χ0) is 25.9. The summed E-state index contributed by atoms with van der Waals surface area (Å²) < 4.78 is 5.23. The van der Waals surface area contributed by atoms with Crippen LogP contribution in [0.1, 0.15) is 10.7 Å². The van der Waals surface area contributed by atoms with Crippen LogP contribution in [0.15, 0.2) is 76.4 Å². The van der Waals surface area contributed by atoms with Crippen LogP contribution in [0.4, 0.5) is 5.69 Å². The molecule has 4 aromatic rings. The van der Waals surface area contributed by atoms with Crippen LogP contribution in [0.3, 0.4) is 0 Å². The van der Waals surface area contributed by atoms with Crippen LogP contribution in [0, 0.1) is 11.3 Å². The second-order valence-corrected chi connectivity index (χ2v) is 10.1. The maximum Gasteiger partial charge on any atom is 0.283 e. The average molecular weight is 548 g/mol. The first kappa shape index (κ1) is 24.6. The number of thioether (sulfide) groups is 1. The number of aliphatic imine (C=N–C) groups is 1. The number of nitrogens with zero attached hydrogens (tertiary/aromatic N) is 4. The Bertz CT molecular complexity index is 1600. The van der Waals surface area contributed by atoms with Gasteiger partial charge in [0, 0.05) is 4.88 Å². The van der Waals surface area contributed by atoms with Crippen molar-refractivity contribution < 1.29 is 14.6 Å². The molecule has 0 bridgehead atoms. The van der Waals surface area contributed by atoms with E-state index in [1.165, 1.54) is 23.3 Å². The van der Waals surface area contributed by atoms with E-state index in [0.717, 1.165) is 22.2 Å². The molecule has 1 amide bonds. The molecule has 184 valence electrons. The van der Waals surface area contributed by atoms with E-state index in [1.807, 2.05) is 47.8 Å². The number of aliphatic hydroxyl groups excluding tert-OH is 1. The Balaban J connectivity index is 1.47. The monoisotopic (exact) mass is 547 g/mol. The minimum absolute atomic E-state index is 0.0152. The van der Waals surface area contributed by atoms with Gasteiger partial charge in [0.2, 0.25) is 0 Å². The van der Waals surface area contributed by atoms with Gasteiger partial charge in [0.25, 0.3) is 5.91 Å². The van der Waals surface area contributed by atoms with Crippen molar-refractivity contribution in [1.29, 1.82) is 5.26 Å². The number of fused-ring (bicyclic) bond motifs is 1. The number of carbonyl (C=O) groups is 1. The van der Waals surface area contributed by atoms with Crippen LogP contribution < -0.4 is 9.64 Å². The fourth-order valence-corrected chi connectivity index (χ4v) is 5.45. The van der Waals surface area contributed by atoms with Crippen molar-refractivity contribution >= 4 is 74.1 Å². The molecule has 11 heteroatoms. The third kappa shape index (κ3) is 4.97. The summed E-state index contributed by atoms with van der Waals surface area (Å²) in [5.74, 6) is 0.202. The van der Waals surface area contributed by atoms with Crippen LogP contribution in [-0.4, -0.2) is 39.0 Å². The van der Waals surface area contributed by atoms with E-state index in [2.05, 4.69) is 15.0 Å². The lowest BCUT2D eigenvalue weighted by atomic mass is 10.2. The van der Waals surface area contributed by atoms with E-state index in [1.54, 1.807) is 24.3 Å². The normalized spacial score (nSPS) is 15.2. The number of hydrogen-bond acceptors (Lipinski definition) is 8. The number of hydrogen-bond donors (Lipinski definition) is 2. The van der Waals surface area contributed by atoms with Crippen molar-refractivity contribution in [3.63, 3.8) is 0 Å². The number of allylic oxidation sites excluding steroid dienone is 1. The van der Waals surface area contributed by atoms with Crippen molar-refractivity contribution in [3.05, 3.63) is 87.2 Å². The van der Waals surface area contributed by atoms with Gasteiger partial charge >= 0.3 is 0 Å². The first-order valence-corrected chi connectivity index (χ1v) is 13.1. The Morgan fingerprint density at radius 2 is 2.14 bits per heavy atom. The van der Waals surface area contributed by atoms with Crippen molar-refractivity contribution in [1.82, 2.24) is 9.97 Å². The number of aromatic nitrogens is 2. The predicted molar refractivity (Wildman–Crippen MR) is 149 cm³/mol. The molecule has 2 aromatic carbocycles. The zero-order valence-corrected chi connectivity index (χ0v) is 21.7. The van der Waals surface area contributed by atoms with Crippen molar-refractivity contribution in [2.75, 3.05) is 17.8 Å². The number of methoxy groups -OCH3 is 1. The number of carbonyl (C=O) groups excluding carboxylic acids is 1. The van der Waals surface area contributed by atoms with Gasteiger partial charge < -0.3 is 14.8 Å². The van der Waals surface area contributed by atoms with E-state index in [4.69, 9.17) is 16.3 Å². The molecular weight excluding hydrogens is 530 g/mol. The maximum absolute atomic E-state index is 13.4. The zero-order valence-electron chi connectivity index (χ0n) is 19.3. The molecule has 5 rings (SSSR count). The molecule has 1 aliphatic heterocycles. The minimum atomic E-state index is -0.335. The quantitative estimate of drug-likeness (QED) is 0.167. The topological polar surface area (TPSA) is 115 Å². The van der Waals surface area contributed by atoms with Crippen LogP contribution in [0.25, 0.3) is 22.7 Å². The summed E-state index contributed by atoms with van der Waals surface area (Å²) in [6.45, 7) is 0. The predicted octanol–water partition coefficient (Wildman–Crippen LogP) is 6.26. The van der Waals surface area contributed by atoms with Crippen molar-refractivity contribution in [2.45, 2.75) is 0 Å². The highest BCUT2D eigenvalue weighted by molar-refractivity contribution is 8.14. The van der Waals surface area contributed by atoms with Gasteiger partial charge in [-0.25, -0.2) is 9.98 Å². The number of imidazole rings is 1. The molecule has 2 aromatic heterocycles. The van der Waals surface area contributed by atoms with Gasteiger partial charge in [0.1, 0.15) is 28.8 Å². The second kappa shape index (κ2) is 10.5. The van der Waals surface area contributed by atoms with Gasteiger partial charge in [-0.3, -0.25) is 9.69 Å². The summed E-state index contributed by atoms with van der Waals surface area (Å²) in [5.41, 5.74) is 2.20. The van der Waals surface area contributed by atoms with Gasteiger partial charge in [0.15, 0.2) is 11.0 Å². The second-order valence-electron chi connectivity index (χ2n) is 7.72. The largest absolute Gasteiger partial charge is 0.510 e. The number of ether oxygens (including phenoxy) is 1. The first-order chi connectivity index (χ1) is 18.0. The summed E-state index contributed by atoms with van der Waals surface area (Å²) in [4.78, 5) is 27.7. The number of thiophene rings is 1. The van der Waals surface area contributed by atoms with E-state index < -0.39 is 0 Å². The van der Waals surface area contributed by atoms with Gasteiger partial charge in [-0.2, -0.15) is 5.26 Å². The van der Waals surface area contributed by atoms with Crippen molar-refractivity contribution in [3.8, 4) is 11.8 Å². The first-order valence-electron chi connectivity index (χ1n) is 10.9. The molecule has 0 fully saturated rings. The molecule has 0 spiro atoms. The third-order valence-corrected chi connectivity index (χ3v) is 7.47. The maximum atomic E-state index is 13.4. The molecule has 0 saturated heterocycles. The van der Waals surface area contributed by atoms with Gasteiger partial charge in [-0.15, -0.1) is 11.3 Å². The molecule has 0 radical (unpaired) electrons. The van der Waals surface area contributed by atoms with Gasteiger partial charge in [-0.1, -0.05) is 41.6 Å². The third-order valence-electron chi connectivity index (χ3n) is 5.41. The standard InChI is InChI=1S/C26H18ClN5O3S2/c1-35-23-9-8-15(11-18(23)27)32-25(34)21(12-16-5-4-10-36-16)31-26(32)37-14-22(33)17(13-28)24-29-19-6-2-3-7-20(19)30-24/h2-12,33H,14H2,1H3,(H,29,30)/b21-12+,22-17?. The molecule has 1 aliphatic rings. The number of nitrogens with one attached hydrogen (secondary N) is 1. The van der Waals surface area contributed by atoms with E-state index in [-0.39, 0.29) is 34.5 Å². The molecule has 8 nitrogen and oxygen atoms in total. The Kier molecular flexibility index (Phi) is 7.01. The number of H-pyrrole nitrogens is 1. The van der Waals surface area contributed by atoms with E-state index in [9.17, 15) is 15.2 Å². The Morgan fingerprint density at radius 3 is 2.84 bits per heavy atom. The molecule has 0 atom stereocenters. The van der Waals surface area contributed by atoms with Crippen LogP contribution >= 0.6 is 34.7 Å². The lowest BCUT2D eigenvalue weighted by Crippen LogP contribution is -2.30. The van der Waals surface area contributed by atoms with Gasteiger partial charge in [0.05, 0.1) is 34.6 Å². The number of halogens is 1.